The number of carbonyl (C=O) groups is 1. The Morgan fingerprint density at radius 1 is 1.42 bits per heavy atom. The van der Waals surface area contributed by atoms with Crippen molar-refractivity contribution in [3.05, 3.63) is 53.4 Å². The second-order valence-corrected chi connectivity index (χ2v) is 6.15. The smallest absolute Gasteiger partial charge is 0.335 e. The van der Waals surface area contributed by atoms with Crippen LogP contribution in [0, 0.1) is 5.82 Å². The zero-order valence-corrected chi connectivity index (χ0v) is 14.1. The maximum atomic E-state index is 14.2. The highest BCUT2D eigenvalue weighted by atomic mass is 35.5. The van der Waals surface area contributed by atoms with Gasteiger partial charge in [0.05, 0.1) is 23.5 Å². The molecule has 1 aromatic carbocycles. The summed E-state index contributed by atoms with van der Waals surface area (Å²) < 4.78 is 18.1. The zero-order chi connectivity index (χ0) is 17.4. The van der Waals surface area contributed by atoms with Gasteiger partial charge in [-0.2, -0.15) is 0 Å². The molecule has 0 bridgehead atoms. The monoisotopic (exact) mass is 349 g/mol. The SMILES string of the molecule is CC(C)n1cccc1Cn1c(CCl)nc2c(F)cc(C(=O)O)cc21. The van der Waals surface area contributed by atoms with Gasteiger partial charge in [-0.25, -0.2) is 14.2 Å². The lowest BCUT2D eigenvalue weighted by molar-refractivity contribution is 0.0696. The molecule has 5 nitrogen and oxygen atoms in total. The fourth-order valence-corrected chi connectivity index (χ4v) is 3.06. The number of hydrogen-bond donors (Lipinski definition) is 1. The number of carboxylic acids is 1. The van der Waals surface area contributed by atoms with Crippen molar-refractivity contribution in [1.29, 1.82) is 0 Å². The van der Waals surface area contributed by atoms with Gasteiger partial charge < -0.3 is 14.2 Å². The number of carboxylic acid groups (broad SMARTS) is 1. The third kappa shape index (κ3) is 2.78. The third-order valence-corrected chi connectivity index (χ3v) is 4.24. The number of halogens is 2. The Balaban J connectivity index is 2.18. The minimum atomic E-state index is -1.18. The average Bonchev–Trinajstić information content (AvgIpc) is 3.13. The molecule has 0 amide bonds. The molecule has 0 aliphatic heterocycles. The lowest BCUT2D eigenvalue weighted by Gasteiger charge is -2.15. The Hall–Kier alpha value is -2.34. The van der Waals surface area contributed by atoms with E-state index in [0.29, 0.717) is 17.9 Å². The van der Waals surface area contributed by atoms with Crippen LogP contribution in [-0.4, -0.2) is 25.2 Å². The van der Waals surface area contributed by atoms with E-state index < -0.39 is 11.8 Å². The quantitative estimate of drug-likeness (QED) is 0.707. The van der Waals surface area contributed by atoms with Crippen molar-refractivity contribution in [2.24, 2.45) is 0 Å². The van der Waals surface area contributed by atoms with Crippen molar-refractivity contribution < 1.29 is 14.3 Å². The topological polar surface area (TPSA) is 60.0 Å². The molecule has 0 aliphatic rings. The predicted molar refractivity (Wildman–Crippen MR) is 90.1 cm³/mol. The highest BCUT2D eigenvalue weighted by molar-refractivity contribution is 6.16. The largest absolute Gasteiger partial charge is 0.478 e. The molecule has 2 aromatic heterocycles. The molecule has 24 heavy (non-hydrogen) atoms. The predicted octanol–water partition coefficient (Wildman–Crippen LogP) is 4.04. The summed E-state index contributed by atoms with van der Waals surface area (Å²) in [6.07, 6.45) is 1.97. The summed E-state index contributed by atoms with van der Waals surface area (Å²) in [7, 11) is 0. The Kier molecular flexibility index (Phi) is 4.32. The van der Waals surface area contributed by atoms with Crippen LogP contribution >= 0.6 is 11.6 Å². The first kappa shape index (κ1) is 16.5. The normalized spacial score (nSPS) is 11.5. The van der Waals surface area contributed by atoms with E-state index in [0.717, 1.165) is 11.8 Å². The van der Waals surface area contributed by atoms with E-state index in [-0.39, 0.29) is 23.0 Å². The number of nitrogens with zero attached hydrogens (tertiary/aromatic N) is 3. The van der Waals surface area contributed by atoms with Gasteiger partial charge in [-0.15, -0.1) is 11.6 Å². The van der Waals surface area contributed by atoms with Gasteiger partial charge in [0.25, 0.3) is 0 Å². The van der Waals surface area contributed by atoms with Crippen LogP contribution in [0.2, 0.25) is 0 Å². The first-order valence-electron chi connectivity index (χ1n) is 7.56. The van der Waals surface area contributed by atoms with Crippen molar-refractivity contribution in [2.45, 2.75) is 32.3 Å². The van der Waals surface area contributed by atoms with Crippen molar-refractivity contribution in [3.63, 3.8) is 0 Å². The summed E-state index contributed by atoms with van der Waals surface area (Å²) in [6, 6.07) is 6.61. The van der Waals surface area contributed by atoms with Crippen LogP contribution in [0.3, 0.4) is 0 Å². The van der Waals surface area contributed by atoms with Crippen LogP contribution in [-0.2, 0) is 12.4 Å². The number of rotatable bonds is 5. The second-order valence-electron chi connectivity index (χ2n) is 5.88. The van der Waals surface area contributed by atoms with Gasteiger partial charge in [-0.3, -0.25) is 0 Å². The lowest BCUT2D eigenvalue weighted by Crippen LogP contribution is -2.11. The lowest BCUT2D eigenvalue weighted by atomic mass is 10.2. The van der Waals surface area contributed by atoms with E-state index in [4.69, 9.17) is 11.6 Å². The first-order chi connectivity index (χ1) is 11.4. The second kappa shape index (κ2) is 6.28. The molecule has 0 saturated heterocycles. The molecular weight excluding hydrogens is 333 g/mol. The van der Waals surface area contributed by atoms with Gasteiger partial charge in [-0.1, -0.05) is 0 Å². The van der Waals surface area contributed by atoms with Crippen molar-refractivity contribution in [3.8, 4) is 0 Å². The summed E-state index contributed by atoms with van der Waals surface area (Å²) in [5.74, 6) is -1.22. The number of hydrogen-bond acceptors (Lipinski definition) is 2. The number of imidazole rings is 1. The molecule has 3 aromatic rings. The van der Waals surface area contributed by atoms with E-state index in [1.54, 1.807) is 4.57 Å². The van der Waals surface area contributed by atoms with Crippen LogP contribution in [0.4, 0.5) is 4.39 Å². The molecular formula is C17H17ClFN3O2. The van der Waals surface area contributed by atoms with E-state index >= 15 is 0 Å². The molecule has 2 heterocycles. The molecule has 1 N–H and O–H groups in total. The standard InChI is InChI=1S/C17H17ClFN3O2/c1-10(2)21-5-3-4-12(21)9-22-14-7-11(17(23)24)6-13(19)16(14)20-15(22)8-18/h3-7,10H,8-9H2,1-2H3,(H,23,24). The van der Waals surface area contributed by atoms with E-state index in [1.807, 2.05) is 18.3 Å². The van der Waals surface area contributed by atoms with Crippen molar-refractivity contribution in [1.82, 2.24) is 14.1 Å². The maximum absolute atomic E-state index is 14.2. The van der Waals surface area contributed by atoms with Crippen molar-refractivity contribution in [2.75, 3.05) is 0 Å². The van der Waals surface area contributed by atoms with Crippen LogP contribution < -0.4 is 0 Å². The fourth-order valence-electron chi connectivity index (χ4n) is 2.86. The highest BCUT2D eigenvalue weighted by Gasteiger charge is 2.18. The van der Waals surface area contributed by atoms with E-state index in [9.17, 15) is 14.3 Å². The van der Waals surface area contributed by atoms with Crippen LogP contribution in [0.25, 0.3) is 11.0 Å². The summed E-state index contributed by atoms with van der Waals surface area (Å²) in [4.78, 5) is 15.5. The number of aromatic carboxylic acids is 1. The highest BCUT2D eigenvalue weighted by Crippen LogP contribution is 2.24. The van der Waals surface area contributed by atoms with Crippen LogP contribution in [0.1, 0.15) is 41.8 Å². The fraction of sp³-hybridized carbons (Fsp3) is 0.294. The van der Waals surface area contributed by atoms with Gasteiger partial charge >= 0.3 is 5.97 Å². The van der Waals surface area contributed by atoms with Gasteiger partial charge in [0.15, 0.2) is 5.82 Å². The summed E-state index contributed by atoms with van der Waals surface area (Å²) in [6.45, 7) is 4.58. The van der Waals surface area contributed by atoms with Crippen molar-refractivity contribution >= 4 is 28.6 Å². The maximum Gasteiger partial charge on any atom is 0.335 e. The molecule has 0 atom stereocenters. The summed E-state index contributed by atoms with van der Waals surface area (Å²) in [5.41, 5.74) is 1.47. The number of fused-ring (bicyclic) bond motifs is 1. The molecule has 0 unspecified atom stereocenters. The van der Waals surface area contributed by atoms with Crippen LogP contribution in [0.5, 0.6) is 0 Å². The Morgan fingerprint density at radius 2 is 2.17 bits per heavy atom. The molecule has 0 fully saturated rings. The molecule has 3 rings (SSSR count). The van der Waals surface area contributed by atoms with Gasteiger partial charge in [0.1, 0.15) is 11.3 Å². The van der Waals surface area contributed by atoms with Gasteiger partial charge in [0, 0.05) is 17.9 Å². The minimum Gasteiger partial charge on any atom is -0.478 e. The molecule has 7 heteroatoms. The zero-order valence-electron chi connectivity index (χ0n) is 13.3. The molecule has 126 valence electrons. The number of alkyl halides is 1. The van der Waals surface area contributed by atoms with E-state index in [2.05, 4.69) is 23.4 Å². The minimum absolute atomic E-state index is 0.110. The summed E-state index contributed by atoms with van der Waals surface area (Å²) in [5, 5.41) is 9.17. The molecule has 0 aliphatic carbocycles. The van der Waals surface area contributed by atoms with Crippen LogP contribution in [0.15, 0.2) is 30.5 Å². The van der Waals surface area contributed by atoms with E-state index in [1.165, 1.54) is 6.07 Å². The van der Waals surface area contributed by atoms with Gasteiger partial charge in [0.2, 0.25) is 0 Å². The number of benzene rings is 1. The third-order valence-electron chi connectivity index (χ3n) is 4.00. The molecule has 0 spiro atoms. The Bertz CT molecular complexity index is 914. The Morgan fingerprint density at radius 3 is 2.79 bits per heavy atom. The van der Waals surface area contributed by atoms with Gasteiger partial charge in [-0.05, 0) is 38.1 Å². The number of aromatic nitrogens is 3. The molecule has 0 radical (unpaired) electrons. The summed E-state index contributed by atoms with van der Waals surface area (Å²) >= 11 is 5.97. The first-order valence-corrected chi connectivity index (χ1v) is 8.09. The average molecular weight is 350 g/mol. The Labute approximate surface area is 143 Å². The molecule has 0 saturated carbocycles.